The van der Waals surface area contributed by atoms with Crippen LogP contribution in [0.3, 0.4) is 0 Å². The molecule has 1 saturated carbocycles. The minimum atomic E-state index is -0.525. The van der Waals surface area contributed by atoms with Gasteiger partial charge in [-0.1, -0.05) is 31.4 Å². The molecule has 1 aliphatic carbocycles. The Bertz CT molecular complexity index is 508. The summed E-state index contributed by atoms with van der Waals surface area (Å²) < 4.78 is 0. The van der Waals surface area contributed by atoms with Crippen LogP contribution in [0.15, 0.2) is 24.3 Å². The monoisotopic (exact) mass is 303 g/mol. The van der Waals surface area contributed by atoms with Crippen molar-refractivity contribution in [2.75, 3.05) is 13.2 Å². The van der Waals surface area contributed by atoms with Crippen molar-refractivity contribution in [2.45, 2.75) is 56.6 Å². The van der Waals surface area contributed by atoms with Gasteiger partial charge in [0.25, 0.3) is 5.91 Å². The van der Waals surface area contributed by atoms with Crippen LogP contribution in [0.2, 0.25) is 0 Å². The molecule has 0 aromatic heterocycles. The minimum Gasteiger partial charge on any atom is -0.394 e. The third-order valence-electron chi connectivity index (χ3n) is 5.10. The van der Waals surface area contributed by atoms with Crippen molar-refractivity contribution in [2.24, 2.45) is 0 Å². The van der Waals surface area contributed by atoms with Crippen LogP contribution in [-0.2, 0) is 0 Å². The van der Waals surface area contributed by atoms with E-state index in [-0.39, 0.29) is 18.6 Å². The summed E-state index contributed by atoms with van der Waals surface area (Å²) in [6.45, 7) is 0.220. The van der Waals surface area contributed by atoms with Crippen molar-refractivity contribution >= 4 is 5.91 Å². The van der Waals surface area contributed by atoms with Crippen LogP contribution in [0.1, 0.15) is 60.4 Å². The van der Waals surface area contributed by atoms with E-state index in [1.165, 1.54) is 37.7 Å². The van der Waals surface area contributed by atoms with Crippen LogP contribution in [0.25, 0.3) is 0 Å². The highest BCUT2D eigenvalue weighted by molar-refractivity contribution is 5.94. The van der Waals surface area contributed by atoms with E-state index in [0.717, 1.165) is 0 Å². The minimum absolute atomic E-state index is 0.0919. The number of amides is 1. The van der Waals surface area contributed by atoms with Crippen LogP contribution < -0.4 is 0 Å². The second-order valence-corrected chi connectivity index (χ2v) is 6.64. The Morgan fingerprint density at radius 3 is 2.45 bits per heavy atom. The number of nitrogens with zero attached hydrogens (tertiary/aromatic N) is 1. The van der Waals surface area contributed by atoms with Gasteiger partial charge in [0.2, 0.25) is 0 Å². The maximum Gasteiger partial charge on any atom is 0.254 e. The maximum absolute atomic E-state index is 12.6. The van der Waals surface area contributed by atoms with Crippen molar-refractivity contribution < 1.29 is 15.0 Å². The Balaban J connectivity index is 1.70. The van der Waals surface area contributed by atoms with Gasteiger partial charge >= 0.3 is 0 Å². The zero-order valence-electron chi connectivity index (χ0n) is 12.9. The summed E-state index contributed by atoms with van der Waals surface area (Å²) in [6, 6.07) is 7.67. The van der Waals surface area contributed by atoms with Gasteiger partial charge < -0.3 is 15.1 Å². The van der Waals surface area contributed by atoms with E-state index in [0.29, 0.717) is 24.4 Å². The fourth-order valence-corrected chi connectivity index (χ4v) is 3.81. The molecule has 4 nitrogen and oxygen atoms in total. The molecule has 0 spiro atoms. The van der Waals surface area contributed by atoms with Crippen LogP contribution in [-0.4, -0.2) is 46.3 Å². The average Bonchev–Trinajstić information content (AvgIpc) is 2.96. The van der Waals surface area contributed by atoms with Crippen molar-refractivity contribution in [3.63, 3.8) is 0 Å². The van der Waals surface area contributed by atoms with E-state index in [9.17, 15) is 15.0 Å². The Labute approximate surface area is 131 Å². The first-order valence-electron chi connectivity index (χ1n) is 8.39. The molecule has 1 heterocycles. The van der Waals surface area contributed by atoms with Crippen molar-refractivity contribution in [3.05, 3.63) is 35.4 Å². The van der Waals surface area contributed by atoms with Crippen molar-refractivity contribution in [1.29, 1.82) is 0 Å². The Kier molecular flexibility index (Phi) is 4.79. The molecule has 120 valence electrons. The predicted octanol–water partition coefficient (Wildman–Crippen LogP) is 2.30. The molecule has 2 atom stereocenters. The first-order valence-corrected chi connectivity index (χ1v) is 8.39. The highest BCUT2D eigenvalue weighted by atomic mass is 16.3. The van der Waals surface area contributed by atoms with Gasteiger partial charge in [-0.3, -0.25) is 4.79 Å². The molecule has 2 aliphatic rings. The molecular weight excluding hydrogens is 278 g/mol. The van der Waals surface area contributed by atoms with Crippen LogP contribution in [0.4, 0.5) is 0 Å². The van der Waals surface area contributed by atoms with Gasteiger partial charge in [-0.15, -0.1) is 0 Å². The molecule has 2 N–H and O–H groups in total. The molecule has 0 unspecified atom stereocenters. The summed E-state index contributed by atoms with van der Waals surface area (Å²) in [7, 11) is 0. The number of hydrogen-bond donors (Lipinski definition) is 2. The van der Waals surface area contributed by atoms with Crippen molar-refractivity contribution in [1.82, 2.24) is 4.90 Å². The number of likely N-dealkylation sites (tertiary alicyclic amines) is 1. The number of hydrogen-bond acceptors (Lipinski definition) is 3. The normalized spacial score (nSPS) is 26.4. The lowest BCUT2D eigenvalue weighted by atomic mass is 9.84. The number of benzene rings is 1. The van der Waals surface area contributed by atoms with E-state index < -0.39 is 6.10 Å². The number of aliphatic hydroxyl groups is 2. The van der Waals surface area contributed by atoms with E-state index in [1.54, 1.807) is 4.90 Å². The second kappa shape index (κ2) is 6.80. The van der Waals surface area contributed by atoms with Crippen molar-refractivity contribution in [3.8, 4) is 0 Å². The van der Waals surface area contributed by atoms with Gasteiger partial charge in [0.1, 0.15) is 0 Å². The van der Waals surface area contributed by atoms with Gasteiger partial charge in [-0.25, -0.2) is 0 Å². The number of β-amino-alcohol motifs (C(OH)–C–C–N with tert-alkyl or cyclic N) is 1. The first kappa shape index (κ1) is 15.5. The first-order chi connectivity index (χ1) is 10.7. The summed E-state index contributed by atoms with van der Waals surface area (Å²) in [5.41, 5.74) is 1.98. The highest BCUT2D eigenvalue weighted by Gasteiger charge is 2.34. The summed E-state index contributed by atoms with van der Waals surface area (Å²) in [4.78, 5) is 14.2. The van der Waals surface area contributed by atoms with Gasteiger partial charge in [0, 0.05) is 12.1 Å². The molecule has 0 bridgehead atoms. The lowest BCUT2D eigenvalue weighted by Gasteiger charge is -2.24. The second-order valence-electron chi connectivity index (χ2n) is 6.64. The summed E-state index contributed by atoms with van der Waals surface area (Å²) in [6.07, 6.45) is 6.37. The standard InChI is InChI=1S/C18H25NO3/c20-12-16-10-17(21)11-19(16)18(22)15-8-6-14(7-9-15)13-4-2-1-3-5-13/h6-9,13,16-17,20-21H,1-5,10-12H2/t16-,17+/m0/s1. The molecule has 1 saturated heterocycles. The summed E-state index contributed by atoms with van der Waals surface area (Å²) >= 11 is 0. The lowest BCUT2D eigenvalue weighted by Crippen LogP contribution is -2.37. The van der Waals surface area contributed by atoms with E-state index in [4.69, 9.17) is 0 Å². The molecule has 1 amide bonds. The van der Waals surface area contributed by atoms with E-state index in [1.807, 2.05) is 12.1 Å². The largest absolute Gasteiger partial charge is 0.394 e. The summed E-state index contributed by atoms with van der Waals surface area (Å²) in [5.74, 6) is 0.544. The lowest BCUT2D eigenvalue weighted by molar-refractivity contribution is 0.0665. The van der Waals surface area contributed by atoms with Crippen LogP contribution in [0.5, 0.6) is 0 Å². The SMILES string of the molecule is O=C(c1ccc(C2CCCCC2)cc1)N1C[C@H](O)C[C@H]1CO. The Morgan fingerprint density at radius 2 is 1.82 bits per heavy atom. The van der Waals surface area contributed by atoms with E-state index in [2.05, 4.69) is 12.1 Å². The Morgan fingerprint density at radius 1 is 1.14 bits per heavy atom. The average molecular weight is 303 g/mol. The molecule has 1 aliphatic heterocycles. The zero-order chi connectivity index (χ0) is 15.5. The van der Waals surface area contributed by atoms with Crippen LogP contribution >= 0.6 is 0 Å². The fourth-order valence-electron chi connectivity index (χ4n) is 3.81. The van der Waals surface area contributed by atoms with Gasteiger partial charge in [-0.05, 0) is 42.9 Å². The maximum atomic E-state index is 12.6. The molecule has 3 rings (SSSR count). The molecule has 22 heavy (non-hydrogen) atoms. The summed E-state index contributed by atoms with van der Waals surface area (Å²) in [5, 5.41) is 19.1. The third kappa shape index (κ3) is 3.18. The van der Waals surface area contributed by atoms with E-state index >= 15 is 0 Å². The predicted molar refractivity (Wildman–Crippen MR) is 84.8 cm³/mol. The molecular formula is C18H25NO3. The quantitative estimate of drug-likeness (QED) is 0.901. The fraction of sp³-hybridized carbons (Fsp3) is 0.611. The third-order valence-corrected chi connectivity index (χ3v) is 5.10. The van der Waals surface area contributed by atoms with Crippen LogP contribution in [0, 0.1) is 0 Å². The highest BCUT2D eigenvalue weighted by Crippen LogP contribution is 2.32. The number of carbonyl (C=O) groups excluding carboxylic acids is 1. The molecule has 0 radical (unpaired) electrons. The number of rotatable bonds is 3. The zero-order valence-corrected chi connectivity index (χ0v) is 12.9. The van der Waals surface area contributed by atoms with Gasteiger partial charge in [-0.2, -0.15) is 0 Å². The molecule has 1 aromatic carbocycles. The molecule has 2 fully saturated rings. The number of aliphatic hydroxyl groups excluding tert-OH is 2. The Hall–Kier alpha value is -1.39. The number of carbonyl (C=O) groups is 1. The smallest absolute Gasteiger partial charge is 0.254 e. The topological polar surface area (TPSA) is 60.8 Å². The molecule has 4 heteroatoms. The molecule has 1 aromatic rings. The van der Waals surface area contributed by atoms with Gasteiger partial charge in [0.15, 0.2) is 0 Å². The van der Waals surface area contributed by atoms with Gasteiger partial charge in [0.05, 0.1) is 18.8 Å².